The summed E-state index contributed by atoms with van der Waals surface area (Å²) in [6.45, 7) is 1.96. The third kappa shape index (κ3) is 2.19. The van der Waals surface area contributed by atoms with Gasteiger partial charge < -0.3 is 10.0 Å². The molecule has 1 heterocycles. The second-order valence-electron chi connectivity index (χ2n) is 3.54. The average Bonchev–Trinajstić information content (AvgIpc) is 2.64. The Morgan fingerprint density at radius 3 is 2.62 bits per heavy atom. The van der Waals surface area contributed by atoms with Crippen LogP contribution in [0, 0.1) is 6.92 Å². The predicted molar refractivity (Wildman–Crippen MR) is 65.8 cm³/mol. The van der Waals surface area contributed by atoms with E-state index in [1.165, 1.54) is 0 Å². The largest absolute Gasteiger partial charge is 0.489 e. The first-order valence-corrected chi connectivity index (χ1v) is 5.54. The van der Waals surface area contributed by atoms with Gasteiger partial charge in [0.05, 0.1) is 11.9 Å². The van der Waals surface area contributed by atoms with Crippen LogP contribution in [0.3, 0.4) is 0 Å². The van der Waals surface area contributed by atoms with Crippen LogP contribution in [-0.4, -0.2) is 26.9 Å². The van der Waals surface area contributed by atoms with Gasteiger partial charge in [0.2, 0.25) is 0 Å². The summed E-state index contributed by atoms with van der Waals surface area (Å²) in [4.78, 5) is 0. The minimum absolute atomic E-state index is 0.438. The van der Waals surface area contributed by atoms with Gasteiger partial charge in [-0.3, -0.25) is 0 Å². The van der Waals surface area contributed by atoms with Crippen LogP contribution in [0.1, 0.15) is 5.56 Å². The van der Waals surface area contributed by atoms with Gasteiger partial charge in [0.1, 0.15) is 0 Å². The van der Waals surface area contributed by atoms with Crippen LogP contribution >= 0.6 is 15.9 Å². The van der Waals surface area contributed by atoms with Crippen molar-refractivity contribution in [1.82, 2.24) is 9.78 Å². The van der Waals surface area contributed by atoms with Crippen LogP contribution in [0.15, 0.2) is 35.1 Å². The number of nitrogens with zero attached hydrogens (tertiary/aromatic N) is 2. The van der Waals surface area contributed by atoms with E-state index >= 15 is 0 Å². The summed E-state index contributed by atoms with van der Waals surface area (Å²) >= 11 is 3.29. The van der Waals surface area contributed by atoms with Gasteiger partial charge in [-0.15, -0.1) is 0 Å². The molecule has 0 amide bonds. The molecular formula is C10H10BBrN2O2. The molecule has 6 heteroatoms. The first-order chi connectivity index (χ1) is 7.58. The molecule has 0 aliphatic heterocycles. The maximum atomic E-state index is 9.07. The summed E-state index contributed by atoms with van der Waals surface area (Å²) in [5.74, 6) is 0. The summed E-state index contributed by atoms with van der Waals surface area (Å²) < 4.78 is 2.38. The van der Waals surface area contributed by atoms with E-state index in [9.17, 15) is 0 Å². The second-order valence-corrected chi connectivity index (χ2v) is 4.40. The first-order valence-electron chi connectivity index (χ1n) is 4.75. The summed E-state index contributed by atoms with van der Waals surface area (Å²) in [6, 6.07) is 5.23. The molecule has 1 aromatic heterocycles. The van der Waals surface area contributed by atoms with Crippen LogP contribution in [0.25, 0.3) is 5.69 Å². The molecule has 0 unspecified atom stereocenters. The highest BCUT2D eigenvalue weighted by molar-refractivity contribution is 9.10. The number of halogens is 1. The fourth-order valence-corrected chi connectivity index (χ4v) is 1.99. The van der Waals surface area contributed by atoms with Crippen LogP contribution in [-0.2, 0) is 0 Å². The first kappa shape index (κ1) is 11.4. The summed E-state index contributed by atoms with van der Waals surface area (Å²) in [6.07, 6.45) is 3.67. The molecule has 0 saturated carbocycles. The SMILES string of the molecule is Cc1cnn(-c2ccc(B(O)O)c(Br)c2)c1. The van der Waals surface area contributed by atoms with E-state index in [0.717, 1.165) is 11.3 Å². The molecule has 4 nitrogen and oxygen atoms in total. The van der Waals surface area contributed by atoms with Crippen LogP contribution in [0.2, 0.25) is 0 Å². The second kappa shape index (κ2) is 4.41. The topological polar surface area (TPSA) is 58.3 Å². The molecule has 2 N–H and O–H groups in total. The van der Waals surface area contributed by atoms with E-state index in [2.05, 4.69) is 21.0 Å². The van der Waals surface area contributed by atoms with Gasteiger partial charge in [0.15, 0.2) is 0 Å². The Morgan fingerprint density at radius 1 is 1.38 bits per heavy atom. The normalized spacial score (nSPS) is 10.5. The van der Waals surface area contributed by atoms with Gasteiger partial charge in [-0.1, -0.05) is 22.0 Å². The number of hydrogen-bond donors (Lipinski definition) is 2. The molecule has 0 aliphatic carbocycles. The van der Waals surface area contributed by atoms with Crippen molar-refractivity contribution in [2.24, 2.45) is 0 Å². The van der Waals surface area contributed by atoms with Gasteiger partial charge in [0.25, 0.3) is 0 Å². The van der Waals surface area contributed by atoms with Crippen molar-refractivity contribution < 1.29 is 10.0 Å². The fraction of sp³-hybridized carbons (Fsp3) is 0.100. The lowest BCUT2D eigenvalue weighted by atomic mass is 9.80. The fourth-order valence-electron chi connectivity index (χ4n) is 1.42. The quantitative estimate of drug-likeness (QED) is 0.793. The highest BCUT2D eigenvalue weighted by Gasteiger charge is 2.15. The Balaban J connectivity index is 2.42. The van der Waals surface area contributed by atoms with E-state index in [0.29, 0.717) is 9.94 Å². The molecule has 0 saturated heterocycles. The Kier molecular flexibility index (Phi) is 3.14. The lowest BCUT2D eigenvalue weighted by Crippen LogP contribution is -2.30. The third-order valence-corrected chi connectivity index (χ3v) is 2.93. The van der Waals surface area contributed by atoms with E-state index in [1.54, 1.807) is 29.1 Å². The average molecular weight is 281 g/mol. The van der Waals surface area contributed by atoms with Gasteiger partial charge in [-0.2, -0.15) is 5.10 Å². The molecule has 2 aromatic rings. The Bertz CT molecular complexity index is 513. The Hall–Kier alpha value is -1.11. The van der Waals surface area contributed by atoms with Crippen molar-refractivity contribution in [2.45, 2.75) is 6.92 Å². The lowest BCUT2D eigenvalue weighted by Gasteiger charge is -2.06. The smallest absolute Gasteiger partial charge is 0.423 e. The molecule has 1 aromatic carbocycles. The maximum Gasteiger partial charge on any atom is 0.489 e. The third-order valence-electron chi connectivity index (χ3n) is 2.24. The minimum Gasteiger partial charge on any atom is -0.423 e. The highest BCUT2D eigenvalue weighted by atomic mass is 79.9. The van der Waals surface area contributed by atoms with Crippen LogP contribution in [0.5, 0.6) is 0 Å². The molecule has 2 rings (SSSR count). The predicted octanol–water partition coefficient (Wildman–Crippen LogP) is 0.623. The zero-order chi connectivity index (χ0) is 11.7. The van der Waals surface area contributed by atoms with Crippen molar-refractivity contribution in [1.29, 1.82) is 0 Å². The van der Waals surface area contributed by atoms with Gasteiger partial charge >= 0.3 is 7.12 Å². The van der Waals surface area contributed by atoms with E-state index in [4.69, 9.17) is 10.0 Å². The lowest BCUT2D eigenvalue weighted by molar-refractivity contribution is 0.425. The number of rotatable bonds is 2. The molecule has 16 heavy (non-hydrogen) atoms. The van der Waals surface area contributed by atoms with Gasteiger partial charge in [0, 0.05) is 10.7 Å². The number of hydrogen-bond acceptors (Lipinski definition) is 3. The van der Waals surface area contributed by atoms with Crippen molar-refractivity contribution in [3.8, 4) is 5.69 Å². The molecule has 82 valence electrons. The van der Waals surface area contributed by atoms with Crippen molar-refractivity contribution in [3.63, 3.8) is 0 Å². The van der Waals surface area contributed by atoms with Gasteiger partial charge in [-0.05, 0) is 30.1 Å². The van der Waals surface area contributed by atoms with Crippen LogP contribution in [0.4, 0.5) is 0 Å². The van der Waals surface area contributed by atoms with Crippen molar-refractivity contribution in [3.05, 3.63) is 40.6 Å². The highest BCUT2D eigenvalue weighted by Crippen LogP contribution is 2.14. The van der Waals surface area contributed by atoms with E-state index in [1.807, 2.05) is 13.1 Å². The molecular weight excluding hydrogens is 271 g/mol. The standard InChI is InChI=1S/C10H10BBrN2O2/c1-7-5-13-14(6-7)8-2-3-9(11(15)16)10(12)4-8/h2-6,15-16H,1H3. The Morgan fingerprint density at radius 2 is 2.12 bits per heavy atom. The van der Waals surface area contributed by atoms with Crippen molar-refractivity contribution >= 4 is 28.5 Å². The summed E-state index contributed by atoms with van der Waals surface area (Å²) in [7, 11) is -1.47. The Labute approximate surface area is 102 Å². The monoisotopic (exact) mass is 280 g/mol. The molecule has 0 bridgehead atoms. The summed E-state index contributed by atoms with van der Waals surface area (Å²) in [5, 5.41) is 22.3. The van der Waals surface area contributed by atoms with Crippen molar-refractivity contribution in [2.75, 3.05) is 0 Å². The summed E-state index contributed by atoms with van der Waals surface area (Å²) in [5.41, 5.74) is 2.37. The number of aryl methyl sites for hydroxylation is 1. The molecule has 0 spiro atoms. The molecule has 0 radical (unpaired) electrons. The maximum absolute atomic E-state index is 9.07. The minimum atomic E-state index is -1.47. The zero-order valence-electron chi connectivity index (χ0n) is 8.63. The molecule has 0 fully saturated rings. The number of aromatic nitrogens is 2. The molecule has 0 atom stereocenters. The van der Waals surface area contributed by atoms with Crippen LogP contribution < -0.4 is 5.46 Å². The molecule has 0 aliphatic rings. The van der Waals surface area contributed by atoms with E-state index < -0.39 is 7.12 Å². The zero-order valence-corrected chi connectivity index (χ0v) is 10.2. The number of benzene rings is 1. The van der Waals surface area contributed by atoms with Gasteiger partial charge in [-0.25, -0.2) is 4.68 Å². The van der Waals surface area contributed by atoms with E-state index in [-0.39, 0.29) is 0 Å².